The third-order valence-electron chi connectivity index (χ3n) is 5.68. The van der Waals surface area contributed by atoms with E-state index in [1.54, 1.807) is 31.4 Å². The van der Waals surface area contributed by atoms with E-state index >= 15 is 0 Å². The Labute approximate surface area is 186 Å². The number of carbonyl (C=O) groups is 1. The highest BCUT2D eigenvalue weighted by Gasteiger charge is 2.28. The van der Waals surface area contributed by atoms with Crippen LogP contribution in [-0.4, -0.2) is 17.5 Å². The van der Waals surface area contributed by atoms with Crippen LogP contribution in [-0.2, 0) is 13.7 Å². The van der Waals surface area contributed by atoms with Crippen molar-refractivity contribution in [1.29, 1.82) is 0 Å². The van der Waals surface area contributed by atoms with Gasteiger partial charge in [0, 0.05) is 35.8 Å². The van der Waals surface area contributed by atoms with Crippen molar-refractivity contribution in [1.82, 2.24) is 4.57 Å². The minimum Gasteiger partial charge on any atom is -0.497 e. The fraction of sp³-hybridized carbons (Fsp3) is 0.148. The van der Waals surface area contributed by atoms with Crippen molar-refractivity contribution in [3.05, 3.63) is 94.9 Å². The second-order valence-corrected chi connectivity index (χ2v) is 7.95. The first-order valence-electron chi connectivity index (χ1n) is 10.4. The third kappa shape index (κ3) is 3.62. The molecule has 0 spiro atoms. The van der Waals surface area contributed by atoms with Gasteiger partial charge in [0.05, 0.1) is 12.7 Å². The SMILES string of the molecule is COc1ccc2c(c1)c(/C=C1/Oc3cc(OCc4ccc(C)cc4)ccc3C1=O)cn2C. The number of hydrogen-bond donors (Lipinski definition) is 0. The van der Waals surface area contributed by atoms with Crippen molar-refractivity contribution in [3.8, 4) is 17.2 Å². The van der Waals surface area contributed by atoms with E-state index in [0.717, 1.165) is 27.8 Å². The smallest absolute Gasteiger partial charge is 0.231 e. The maximum atomic E-state index is 12.9. The molecule has 0 fully saturated rings. The second-order valence-electron chi connectivity index (χ2n) is 7.95. The number of allylic oxidation sites excluding steroid dienone is 1. The van der Waals surface area contributed by atoms with Crippen LogP contribution in [0.4, 0.5) is 0 Å². The number of fused-ring (bicyclic) bond motifs is 2. The second kappa shape index (κ2) is 7.93. The van der Waals surface area contributed by atoms with Gasteiger partial charge in [-0.05, 0) is 48.9 Å². The van der Waals surface area contributed by atoms with Gasteiger partial charge in [-0.1, -0.05) is 29.8 Å². The molecular formula is C27H23NO4. The van der Waals surface area contributed by atoms with Gasteiger partial charge in [0.25, 0.3) is 0 Å². The van der Waals surface area contributed by atoms with Crippen LogP contribution in [0.25, 0.3) is 17.0 Å². The van der Waals surface area contributed by atoms with Gasteiger partial charge >= 0.3 is 0 Å². The van der Waals surface area contributed by atoms with E-state index in [-0.39, 0.29) is 5.78 Å². The maximum absolute atomic E-state index is 12.9. The molecule has 5 nitrogen and oxygen atoms in total. The lowest BCUT2D eigenvalue weighted by molar-refractivity contribution is 0.101. The molecule has 5 heteroatoms. The van der Waals surface area contributed by atoms with Gasteiger partial charge in [-0.25, -0.2) is 0 Å². The molecule has 0 radical (unpaired) electrons. The molecule has 2 heterocycles. The van der Waals surface area contributed by atoms with Crippen LogP contribution < -0.4 is 14.2 Å². The van der Waals surface area contributed by atoms with Crippen LogP contribution in [0.1, 0.15) is 27.0 Å². The molecule has 0 amide bonds. The number of ketones is 1. The van der Waals surface area contributed by atoms with Crippen LogP contribution >= 0.6 is 0 Å². The Bertz CT molecular complexity index is 1360. The van der Waals surface area contributed by atoms with Gasteiger partial charge in [-0.2, -0.15) is 0 Å². The molecule has 32 heavy (non-hydrogen) atoms. The van der Waals surface area contributed by atoms with E-state index in [0.29, 0.717) is 29.4 Å². The summed E-state index contributed by atoms with van der Waals surface area (Å²) in [5.74, 6) is 2.10. The molecule has 3 aromatic carbocycles. The molecule has 0 saturated heterocycles. The number of carbonyl (C=O) groups excluding carboxylic acids is 1. The van der Waals surface area contributed by atoms with E-state index in [2.05, 4.69) is 19.1 Å². The van der Waals surface area contributed by atoms with E-state index in [1.165, 1.54) is 5.56 Å². The van der Waals surface area contributed by atoms with E-state index in [1.807, 2.05) is 48.1 Å². The number of nitrogens with zero attached hydrogens (tertiary/aromatic N) is 1. The first-order chi connectivity index (χ1) is 15.5. The van der Waals surface area contributed by atoms with Gasteiger partial charge < -0.3 is 18.8 Å². The molecule has 5 rings (SSSR count). The average molecular weight is 425 g/mol. The third-order valence-corrected chi connectivity index (χ3v) is 5.68. The highest BCUT2D eigenvalue weighted by Crippen LogP contribution is 2.36. The molecule has 1 aliphatic rings. The molecule has 1 aliphatic heterocycles. The summed E-state index contributed by atoms with van der Waals surface area (Å²) < 4.78 is 19.2. The predicted octanol–water partition coefficient (Wildman–Crippen LogP) is 5.69. The lowest BCUT2D eigenvalue weighted by Gasteiger charge is -2.07. The Balaban J connectivity index is 1.40. The Kier molecular flexibility index (Phi) is 4.94. The van der Waals surface area contributed by atoms with Crippen molar-refractivity contribution in [2.45, 2.75) is 13.5 Å². The zero-order valence-electron chi connectivity index (χ0n) is 18.2. The molecule has 0 atom stereocenters. The van der Waals surface area contributed by atoms with Crippen LogP contribution in [0.15, 0.2) is 72.6 Å². The fourth-order valence-electron chi connectivity index (χ4n) is 3.89. The van der Waals surface area contributed by atoms with E-state index in [4.69, 9.17) is 14.2 Å². The summed E-state index contributed by atoms with van der Waals surface area (Å²) in [5, 5.41) is 0.994. The highest BCUT2D eigenvalue weighted by atomic mass is 16.5. The van der Waals surface area contributed by atoms with Crippen LogP contribution in [0, 0.1) is 6.92 Å². The number of aryl methyl sites for hydroxylation is 2. The van der Waals surface area contributed by atoms with Gasteiger partial charge in [-0.15, -0.1) is 0 Å². The molecule has 0 bridgehead atoms. The lowest BCUT2D eigenvalue weighted by atomic mass is 10.1. The summed E-state index contributed by atoms with van der Waals surface area (Å²) >= 11 is 0. The molecule has 0 saturated carbocycles. The van der Waals surface area contributed by atoms with Gasteiger partial charge in [0.2, 0.25) is 5.78 Å². The summed E-state index contributed by atoms with van der Waals surface area (Å²) in [6, 6.07) is 19.4. The Morgan fingerprint density at radius 3 is 2.56 bits per heavy atom. The monoisotopic (exact) mass is 425 g/mol. The average Bonchev–Trinajstić information content (AvgIpc) is 3.29. The van der Waals surface area contributed by atoms with Gasteiger partial charge in [0.15, 0.2) is 5.76 Å². The molecule has 0 unspecified atom stereocenters. The standard InChI is InChI=1S/C27H23NO4/c1-17-4-6-18(7-5-17)16-31-21-8-10-22-25(14-21)32-26(27(22)29)12-19-15-28(2)24-11-9-20(30-3)13-23(19)24/h4-15H,16H2,1-3H3/b26-12+. The number of methoxy groups -OCH3 is 1. The number of hydrogen-bond acceptors (Lipinski definition) is 4. The van der Waals surface area contributed by atoms with E-state index in [9.17, 15) is 4.79 Å². The van der Waals surface area contributed by atoms with Crippen molar-refractivity contribution in [2.75, 3.05) is 7.11 Å². The summed E-state index contributed by atoms with van der Waals surface area (Å²) in [6.07, 6.45) is 3.77. The normalized spacial score (nSPS) is 14.0. The Morgan fingerprint density at radius 2 is 1.78 bits per heavy atom. The van der Waals surface area contributed by atoms with Gasteiger partial charge in [0.1, 0.15) is 23.9 Å². The largest absolute Gasteiger partial charge is 0.497 e. The molecule has 4 aromatic rings. The minimum absolute atomic E-state index is 0.134. The Morgan fingerprint density at radius 1 is 1.00 bits per heavy atom. The number of benzene rings is 3. The number of ether oxygens (including phenoxy) is 3. The Hall–Kier alpha value is -3.99. The van der Waals surface area contributed by atoms with Crippen molar-refractivity contribution >= 4 is 22.8 Å². The fourth-order valence-corrected chi connectivity index (χ4v) is 3.89. The highest BCUT2D eigenvalue weighted by molar-refractivity contribution is 6.15. The zero-order valence-corrected chi connectivity index (χ0v) is 18.2. The molecular weight excluding hydrogens is 402 g/mol. The van der Waals surface area contributed by atoms with Crippen LogP contribution in [0.2, 0.25) is 0 Å². The summed E-state index contributed by atoms with van der Waals surface area (Å²) in [7, 11) is 3.61. The number of aromatic nitrogens is 1. The summed E-state index contributed by atoms with van der Waals surface area (Å²) in [4.78, 5) is 12.9. The maximum Gasteiger partial charge on any atom is 0.231 e. The van der Waals surface area contributed by atoms with Gasteiger partial charge in [-0.3, -0.25) is 4.79 Å². The minimum atomic E-state index is -0.134. The zero-order chi connectivity index (χ0) is 22.2. The van der Waals surface area contributed by atoms with Crippen molar-refractivity contribution in [3.63, 3.8) is 0 Å². The lowest BCUT2D eigenvalue weighted by Crippen LogP contribution is -1.98. The molecule has 0 N–H and O–H groups in total. The first-order valence-corrected chi connectivity index (χ1v) is 10.4. The van der Waals surface area contributed by atoms with E-state index < -0.39 is 0 Å². The summed E-state index contributed by atoms with van der Waals surface area (Å²) in [6.45, 7) is 2.51. The van der Waals surface area contributed by atoms with Crippen molar-refractivity contribution < 1.29 is 19.0 Å². The molecule has 160 valence electrons. The number of Topliss-reactive ketones (excluding diaryl/α,β-unsaturated/α-hetero) is 1. The number of rotatable bonds is 5. The molecule has 0 aliphatic carbocycles. The van der Waals surface area contributed by atoms with Crippen molar-refractivity contribution in [2.24, 2.45) is 7.05 Å². The predicted molar refractivity (Wildman–Crippen MR) is 124 cm³/mol. The summed E-state index contributed by atoms with van der Waals surface area (Å²) in [5.41, 5.74) is 4.78. The quantitative estimate of drug-likeness (QED) is 0.386. The first kappa shape index (κ1) is 19.9. The topological polar surface area (TPSA) is 49.7 Å². The van der Waals surface area contributed by atoms with Crippen LogP contribution in [0.5, 0.6) is 17.2 Å². The van der Waals surface area contributed by atoms with Crippen LogP contribution in [0.3, 0.4) is 0 Å². The molecule has 1 aromatic heterocycles.